The van der Waals surface area contributed by atoms with Crippen LogP contribution in [0.3, 0.4) is 0 Å². The third kappa shape index (κ3) is 7.81. The molecule has 2 rings (SSSR count). The lowest BCUT2D eigenvalue weighted by molar-refractivity contribution is -0.129. The van der Waals surface area contributed by atoms with Gasteiger partial charge in [0, 0.05) is 50.4 Å². The second-order valence-corrected chi connectivity index (χ2v) is 8.75. The van der Waals surface area contributed by atoms with Crippen LogP contribution in [0.5, 0.6) is 0 Å². The highest BCUT2D eigenvalue weighted by Crippen LogP contribution is 2.16. The monoisotopic (exact) mass is 470 g/mol. The Labute approximate surface area is 178 Å². The molecular formula is C19H27BrN4O3S. The first-order valence-corrected chi connectivity index (χ1v) is 11.1. The summed E-state index contributed by atoms with van der Waals surface area (Å²) in [6, 6.07) is 7.40. The Morgan fingerprint density at radius 2 is 1.93 bits per heavy atom. The molecule has 7 nitrogen and oxygen atoms in total. The fourth-order valence-corrected chi connectivity index (χ4v) is 3.91. The predicted molar refractivity (Wildman–Crippen MR) is 116 cm³/mol. The second kappa shape index (κ2) is 11.4. The number of carbonyl (C=O) groups excluding carboxylic acids is 3. The zero-order valence-corrected chi connectivity index (χ0v) is 18.7. The van der Waals surface area contributed by atoms with Crippen LogP contribution in [0.15, 0.2) is 28.7 Å². The molecule has 1 N–H and O–H groups in total. The zero-order valence-electron chi connectivity index (χ0n) is 16.3. The number of nitrogens with one attached hydrogen (secondary N) is 1. The number of halogens is 1. The molecule has 1 heterocycles. The lowest BCUT2D eigenvalue weighted by atomic mass is 10.3. The average molecular weight is 471 g/mol. The van der Waals surface area contributed by atoms with E-state index in [-0.39, 0.29) is 29.2 Å². The number of amides is 3. The van der Waals surface area contributed by atoms with Gasteiger partial charge in [0.2, 0.25) is 17.7 Å². The van der Waals surface area contributed by atoms with Crippen molar-refractivity contribution in [2.24, 2.45) is 0 Å². The van der Waals surface area contributed by atoms with Gasteiger partial charge < -0.3 is 15.1 Å². The molecule has 1 aromatic carbocycles. The summed E-state index contributed by atoms with van der Waals surface area (Å²) in [5.74, 6) is 0.505. The third-order valence-corrected chi connectivity index (χ3v) is 5.78. The Bertz CT molecular complexity index is 702. The van der Waals surface area contributed by atoms with Crippen molar-refractivity contribution in [1.29, 1.82) is 0 Å². The van der Waals surface area contributed by atoms with Gasteiger partial charge in [-0.15, -0.1) is 11.8 Å². The molecule has 0 spiro atoms. The molecule has 3 amide bonds. The minimum absolute atomic E-state index is 0.0426. The molecule has 1 saturated heterocycles. The van der Waals surface area contributed by atoms with Crippen molar-refractivity contribution >= 4 is 51.1 Å². The van der Waals surface area contributed by atoms with Gasteiger partial charge in [0.15, 0.2) is 0 Å². The second-order valence-electron chi connectivity index (χ2n) is 6.85. The molecule has 1 fully saturated rings. The topological polar surface area (TPSA) is 73.0 Å². The number of thioether (sulfide) groups is 1. The molecule has 28 heavy (non-hydrogen) atoms. The molecule has 0 atom stereocenters. The Balaban J connectivity index is 1.69. The highest BCUT2D eigenvalue weighted by molar-refractivity contribution is 9.10. The maximum Gasteiger partial charge on any atom is 0.236 e. The molecule has 0 aromatic heterocycles. The molecule has 154 valence electrons. The summed E-state index contributed by atoms with van der Waals surface area (Å²) < 4.78 is 0.899. The summed E-state index contributed by atoms with van der Waals surface area (Å²) in [5, 5.41) is 2.82. The first-order chi connectivity index (χ1) is 13.3. The normalized spacial score (nSPS) is 15.0. The summed E-state index contributed by atoms with van der Waals surface area (Å²) in [7, 11) is 3.50. The van der Waals surface area contributed by atoms with E-state index in [0.29, 0.717) is 26.2 Å². The van der Waals surface area contributed by atoms with Gasteiger partial charge in [-0.05, 0) is 24.6 Å². The summed E-state index contributed by atoms with van der Waals surface area (Å²) in [6.07, 6.45) is 0.848. The van der Waals surface area contributed by atoms with Crippen LogP contribution >= 0.6 is 27.7 Å². The summed E-state index contributed by atoms with van der Waals surface area (Å²) >= 11 is 4.69. The first kappa shape index (κ1) is 22.7. The van der Waals surface area contributed by atoms with Gasteiger partial charge in [-0.1, -0.05) is 22.0 Å². The van der Waals surface area contributed by atoms with Crippen LogP contribution in [-0.4, -0.2) is 90.7 Å². The smallest absolute Gasteiger partial charge is 0.236 e. The molecule has 1 aromatic rings. The molecular weight excluding hydrogens is 444 g/mol. The van der Waals surface area contributed by atoms with Crippen LogP contribution in [0.1, 0.15) is 6.42 Å². The van der Waals surface area contributed by atoms with E-state index in [4.69, 9.17) is 0 Å². The third-order valence-electron chi connectivity index (χ3n) is 4.37. The zero-order chi connectivity index (χ0) is 20.5. The number of carbonyl (C=O) groups is 3. The van der Waals surface area contributed by atoms with Crippen LogP contribution in [-0.2, 0) is 14.4 Å². The summed E-state index contributed by atoms with van der Waals surface area (Å²) in [6.45, 7) is 3.20. The van der Waals surface area contributed by atoms with Crippen molar-refractivity contribution in [3.63, 3.8) is 0 Å². The van der Waals surface area contributed by atoms with Gasteiger partial charge in [0.1, 0.15) is 0 Å². The molecule has 0 radical (unpaired) electrons. The largest absolute Gasteiger partial charge is 0.348 e. The average Bonchev–Trinajstić information content (AvgIpc) is 2.87. The van der Waals surface area contributed by atoms with Gasteiger partial charge >= 0.3 is 0 Å². The van der Waals surface area contributed by atoms with Gasteiger partial charge in [-0.2, -0.15) is 0 Å². The lowest BCUT2D eigenvalue weighted by Crippen LogP contribution is -2.40. The first-order valence-electron chi connectivity index (χ1n) is 9.18. The Kier molecular flexibility index (Phi) is 9.27. The number of hydrogen-bond donors (Lipinski definition) is 1. The van der Waals surface area contributed by atoms with Gasteiger partial charge in [-0.25, -0.2) is 0 Å². The number of likely N-dealkylation sites (N-methyl/N-ethyl adjacent to an activating group) is 1. The van der Waals surface area contributed by atoms with Crippen molar-refractivity contribution in [2.75, 3.05) is 63.6 Å². The van der Waals surface area contributed by atoms with E-state index in [0.717, 1.165) is 23.1 Å². The van der Waals surface area contributed by atoms with Crippen molar-refractivity contribution in [2.45, 2.75) is 6.42 Å². The van der Waals surface area contributed by atoms with Crippen LogP contribution < -0.4 is 5.32 Å². The predicted octanol–water partition coefficient (Wildman–Crippen LogP) is 1.74. The number of benzene rings is 1. The van der Waals surface area contributed by atoms with Crippen LogP contribution in [0.25, 0.3) is 0 Å². The molecule has 0 saturated carbocycles. The minimum Gasteiger partial charge on any atom is -0.348 e. The van der Waals surface area contributed by atoms with Crippen LogP contribution in [0, 0.1) is 0 Å². The molecule has 9 heteroatoms. The highest BCUT2D eigenvalue weighted by atomic mass is 79.9. The van der Waals surface area contributed by atoms with E-state index >= 15 is 0 Å². The number of hydrogen-bond acceptors (Lipinski definition) is 5. The lowest BCUT2D eigenvalue weighted by Gasteiger charge is -2.22. The van der Waals surface area contributed by atoms with E-state index in [1.807, 2.05) is 29.2 Å². The van der Waals surface area contributed by atoms with Crippen molar-refractivity contribution < 1.29 is 14.4 Å². The summed E-state index contributed by atoms with van der Waals surface area (Å²) in [5.41, 5.74) is 0.728. The molecule has 1 aliphatic rings. The highest BCUT2D eigenvalue weighted by Gasteiger charge is 2.21. The van der Waals surface area contributed by atoms with Crippen LogP contribution in [0.2, 0.25) is 0 Å². The Morgan fingerprint density at radius 1 is 1.14 bits per heavy atom. The number of rotatable bonds is 7. The number of nitrogens with zero attached hydrogens (tertiary/aromatic N) is 3. The SMILES string of the molecule is CN(C)C(=O)CN1CCCN(C(=O)CSCC(=O)Nc2cccc(Br)c2)CC1. The van der Waals surface area contributed by atoms with Gasteiger partial charge in [-0.3, -0.25) is 19.3 Å². The van der Waals surface area contributed by atoms with E-state index in [2.05, 4.69) is 26.1 Å². The van der Waals surface area contributed by atoms with Crippen molar-refractivity contribution in [3.8, 4) is 0 Å². The molecule has 0 unspecified atom stereocenters. The molecule has 0 aliphatic carbocycles. The van der Waals surface area contributed by atoms with Gasteiger partial charge in [0.25, 0.3) is 0 Å². The number of anilines is 1. The summed E-state index contributed by atoms with van der Waals surface area (Å²) in [4.78, 5) is 41.8. The maximum absolute atomic E-state index is 12.4. The standard InChI is InChI=1S/C19H27BrN4O3S/c1-22(2)18(26)12-23-7-4-8-24(10-9-23)19(27)14-28-13-17(25)21-16-6-3-5-15(20)11-16/h3,5-6,11H,4,7-10,12-14H2,1-2H3,(H,21,25). The Hall–Kier alpha value is -1.58. The van der Waals surface area contributed by atoms with E-state index in [1.54, 1.807) is 19.0 Å². The van der Waals surface area contributed by atoms with Crippen molar-refractivity contribution in [3.05, 3.63) is 28.7 Å². The van der Waals surface area contributed by atoms with Crippen molar-refractivity contribution in [1.82, 2.24) is 14.7 Å². The quantitative estimate of drug-likeness (QED) is 0.656. The minimum atomic E-state index is -0.125. The van der Waals surface area contributed by atoms with E-state index in [1.165, 1.54) is 11.8 Å². The Morgan fingerprint density at radius 3 is 2.64 bits per heavy atom. The fraction of sp³-hybridized carbons (Fsp3) is 0.526. The molecule has 1 aliphatic heterocycles. The molecule has 0 bridgehead atoms. The van der Waals surface area contributed by atoms with E-state index < -0.39 is 0 Å². The maximum atomic E-state index is 12.4. The van der Waals surface area contributed by atoms with Crippen LogP contribution in [0.4, 0.5) is 5.69 Å². The fourth-order valence-electron chi connectivity index (χ4n) is 2.80. The van der Waals surface area contributed by atoms with Gasteiger partial charge in [0.05, 0.1) is 18.1 Å². The van der Waals surface area contributed by atoms with E-state index in [9.17, 15) is 14.4 Å².